The van der Waals surface area contributed by atoms with E-state index in [0.29, 0.717) is 5.92 Å². The third-order valence-electron chi connectivity index (χ3n) is 4.35. The van der Waals surface area contributed by atoms with E-state index in [4.69, 9.17) is 0 Å². The summed E-state index contributed by atoms with van der Waals surface area (Å²) in [7, 11) is 0. The average Bonchev–Trinajstić information content (AvgIpc) is 2.49. The summed E-state index contributed by atoms with van der Waals surface area (Å²) in [6, 6.07) is 0. The van der Waals surface area contributed by atoms with Gasteiger partial charge in [0.25, 0.3) is 0 Å². The highest BCUT2D eigenvalue weighted by molar-refractivity contribution is 5.23. The van der Waals surface area contributed by atoms with Crippen molar-refractivity contribution < 1.29 is 5.11 Å². The van der Waals surface area contributed by atoms with Crippen LogP contribution in [0.15, 0.2) is 12.7 Å². The molecule has 2 rings (SSSR count). The van der Waals surface area contributed by atoms with Crippen molar-refractivity contribution >= 4 is 0 Å². The highest BCUT2D eigenvalue weighted by Crippen LogP contribution is 2.65. The zero-order chi connectivity index (χ0) is 8.98. The van der Waals surface area contributed by atoms with Gasteiger partial charge >= 0.3 is 0 Å². The molecule has 2 aliphatic rings. The van der Waals surface area contributed by atoms with Gasteiger partial charge < -0.3 is 5.11 Å². The molecule has 0 spiro atoms. The Labute approximate surface area is 74.5 Å². The molecule has 3 atom stereocenters. The summed E-state index contributed by atoms with van der Waals surface area (Å²) in [6.07, 6.45) is 5.54. The van der Waals surface area contributed by atoms with Gasteiger partial charge in [-0.2, -0.15) is 0 Å². The second-order valence-corrected chi connectivity index (χ2v) is 4.90. The van der Waals surface area contributed by atoms with Crippen LogP contribution in [0.2, 0.25) is 0 Å². The predicted octanol–water partition coefficient (Wildman–Crippen LogP) is 2.36. The number of hydrogen-bond acceptors (Lipinski definition) is 1. The normalized spacial score (nSPS) is 49.6. The van der Waals surface area contributed by atoms with E-state index in [1.165, 1.54) is 19.3 Å². The van der Waals surface area contributed by atoms with Gasteiger partial charge in [0.15, 0.2) is 0 Å². The van der Waals surface area contributed by atoms with Crippen LogP contribution in [0.25, 0.3) is 0 Å². The molecule has 0 aromatic rings. The first-order chi connectivity index (χ1) is 5.54. The minimum atomic E-state index is -0.575. The highest BCUT2D eigenvalue weighted by atomic mass is 16.3. The molecule has 0 aliphatic heterocycles. The molecule has 0 unspecified atom stereocenters. The van der Waals surface area contributed by atoms with Crippen LogP contribution in [0.1, 0.15) is 33.1 Å². The lowest BCUT2D eigenvalue weighted by atomic mass is 9.46. The maximum Gasteiger partial charge on any atom is 0.0909 e. The van der Waals surface area contributed by atoms with Crippen molar-refractivity contribution in [1.29, 1.82) is 0 Å². The summed E-state index contributed by atoms with van der Waals surface area (Å²) in [5.41, 5.74) is -0.510. The highest BCUT2D eigenvalue weighted by Gasteiger charge is 2.65. The number of fused-ring (bicyclic) bond motifs is 1. The Bertz CT molecular complexity index is 219. The molecule has 1 nitrogen and oxygen atoms in total. The van der Waals surface area contributed by atoms with Crippen molar-refractivity contribution in [1.82, 2.24) is 0 Å². The number of aliphatic hydroxyl groups is 1. The molecule has 0 aromatic heterocycles. The molecule has 0 bridgehead atoms. The SMILES string of the molecule is C=C[C@]1(O)[C@H]2CCC[C@H]2C1(C)C. The van der Waals surface area contributed by atoms with E-state index in [1.54, 1.807) is 6.08 Å². The number of rotatable bonds is 1. The summed E-state index contributed by atoms with van der Waals surface area (Å²) in [5.74, 6) is 1.24. The van der Waals surface area contributed by atoms with Crippen molar-refractivity contribution in [2.24, 2.45) is 17.3 Å². The molecular weight excluding hydrogens is 148 g/mol. The fourth-order valence-electron chi connectivity index (χ4n) is 3.44. The van der Waals surface area contributed by atoms with Crippen LogP contribution in [0.5, 0.6) is 0 Å². The molecule has 0 aromatic carbocycles. The summed E-state index contributed by atoms with van der Waals surface area (Å²) in [6.45, 7) is 8.10. The second-order valence-electron chi connectivity index (χ2n) is 4.90. The zero-order valence-electron chi connectivity index (χ0n) is 8.01. The van der Waals surface area contributed by atoms with E-state index in [9.17, 15) is 5.11 Å². The summed E-state index contributed by atoms with van der Waals surface area (Å²) in [4.78, 5) is 0. The Hall–Kier alpha value is -0.300. The van der Waals surface area contributed by atoms with Gasteiger partial charge in [0, 0.05) is 5.41 Å². The zero-order valence-corrected chi connectivity index (χ0v) is 8.01. The Morgan fingerprint density at radius 1 is 1.33 bits per heavy atom. The smallest absolute Gasteiger partial charge is 0.0909 e. The lowest BCUT2D eigenvalue weighted by Crippen LogP contribution is -2.65. The molecule has 2 fully saturated rings. The van der Waals surface area contributed by atoms with Gasteiger partial charge in [0.05, 0.1) is 5.60 Å². The fraction of sp³-hybridized carbons (Fsp3) is 0.818. The third-order valence-corrected chi connectivity index (χ3v) is 4.35. The third kappa shape index (κ3) is 0.646. The first-order valence-corrected chi connectivity index (χ1v) is 4.90. The fourth-order valence-corrected chi connectivity index (χ4v) is 3.44. The molecule has 1 heteroatoms. The summed E-state index contributed by atoms with van der Waals surface area (Å²) in [5, 5.41) is 10.3. The van der Waals surface area contributed by atoms with Gasteiger partial charge in [0.2, 0.25) is 0 Å². The van der Waals surface area contributed by atoms with Crippen LogP contribution in [-0.4, -0.2) is 10.7 Å². The van der Waals surface area contributed by atoms with E-state index < -0.39 is 5.60 Å². The van der Waals surface area contributed by atoms with Crippen LogP contribution in [0.3, 0.4) is 0 Å². The summed E-state index contributed by atoms with van der Waals surface area (Å²) < 4.78 is 0. The molecule has 2 saturated carbocycles. The average molecular weight is 166 g/mol. The Balaban J connectivity index is 2.31. The monoisotopic (exact) mass is 166 g/mol. The topological polar surface area (TPSA) is 20.2 Å². The van der Waals surface area contributed by atoms with Gasteiger partial charge in [-0.3, -0.25) is 0 Å². The Morgan fingerprint density at radius 3 is 2.50 bits per heavy atom. The predicted molar refractivity (Wildman–Crippen MR) is 49.8 cm³/mol. The maximum atomic E-state index is 10.3. The van der Waals surface area contributed by atoms with Crippen LogP contribution in [0, 0.1) is 17.3 Å². The molecule has 0 amide bonds. The Morgan fingerprint density at radius 2 is 1.92 bits per heavy atom. The van der Waals surface area contributed by atoms with Crippen molar-refractivity contribution in [2.75, 3.05) is 0 Å². The largest absolute Gasteiger partial charge is 0.385 e. The van der Waals surface area contributed by atoms with Crippen LogP contribution >= 0.6 is 0 Å². The molecule has 68 valence electrons. The van der Waals surface area contributed by atoms with E-state index in [2.05, 4.69) is 20.4 Å². The summed E-state index contributed by atoms with van der Waals surface area (Å²) >= 11 is 0. The van der Waals surface area contributed by atoms with Gasteiger partial charge in [-0.15, -0.1) is 6.58 Å². The van der Waals surface area contributed by atoms with E-state index in [0.717, 1.165) is 5.92 Å². The van der Waals surface area contributed by atoms with Gasteiger partial charge in [-0.05, 0) is 24.7 Å². The van der Waals surface area contributed by atoms with E-state index >= 15 is 0 Å². The van der Waals surface area contributed by atoms with Crippen molar-refractivity contribution in [3.05, 3.63) is 12.7 Å². The first-order valence-electron chi connectivity index (χ1n) is 4.90. The molecule has 12 heavy (non-hydrogen) atoms. The molecule has 0 heterocycles. The maximum absolute atomic E-state index is 10.3. The molecule has 2 aliphatic carbocycles. The van der Waals surface area contributed by atoms with Gasteiger partial charge in [-0.25, -0.2) is 0 Å². The van der Waals surface area contributed by atoms with Crippen LogP contribution < -0.4 is 0 Å². The number of hydrogen-bond donors (Lipinski definition) is 1. The molecule has 0 saturated heterocycles. The molecule has 1 N–H and O–H groups in total. The standard InChI is InChI=1S/C11H18O/c1-4-11(12)9-7-5-6-8(9)10(11,2)3/h4,8-9,12H,1,5-7H2,2-3H3/t8-,9+,11+/m1/s1. The van der Waals surface area contributed by atoms with Crippen LogP contribution in [-0.2, 0) is 0 Å². The van der Waals surface area contributed by atoms with Crippen molar-refractivity contribution in [2.45, 2.75) is 38.7 Å². The molecule has 0 radical (unpaired) electrons. The van der Waals surface area contributed by atoms with Crippen LogP contribution in [0.4, 0.5) is 0 Å². The van der Waals surface area contributed by atoms with Crippen molar-refractivity contribution in [3.8, 4) is 0 Å². The first kappa shape index (κ1) is 8.31. The minimum Gasteiger partial charge on any atom is -0.385 e. The van der Waals surface area contributed by atoms with E-state index in [-0.39, 0.29) is 5.41 Å². The second kappa shape index (κ2) is 2.14. The van der Waals surface area contributed by atoms with Gasteiger partial charge in [-0.1, -0.05) is 26.3 Å². The minimum absolute atomic E-state index is 0.0654. The lowest BCUT2D eigenvalue weighted by Gasteiger charge is -2.61. The van der Waals surface area contributed by atoms with E-state index in [1.807, 2.05) is 0 Å². The Kier molecular flexibility index (Phi) is 1.48. The van der Waals surface area contributed by atoms with Crippen molar-refractivity contribution in [3.63, 3.8) is 0 Å². The quantitative estimate of drug-likeness (QED) is 0.593. The van der Waals surface area contributed by atoms with Gasteiger partial charge in [0.1, 0.15) is 0 Å². The molecular formula is C11H18O. The lowest BCUT2D eigenvalue weighted by molar-refractivity contribution is -0.204.